The van der Waals surface area contributed by atoms with Crippen LogP contribution in [-0.2, 0) is 4.79 Å². The molecule has 5 nitrogen and oxygen atoms in total. The molecule has 2 rings (SSSR count). The fraction of sp³-hybridized carbons (Fsp3) is 0.300. The molecule has 0 heterocycles. The van der Waals surface area contributed by atoms with Gasteiger partial charge in [-0.1, -0.05) is 43.1 Å². The first-order chi connectivity index (χ1) is 12.5. The van der Waals surface area contributed by atoms with Crippen molar-refractivity contribution in [1.82, 2.24) is 5.32 Å². The molecule has 0 saturated carbocycles. The van der Waals surface area contributed by atoms with Crippen molar-refractivity contribution < 1.29 is 14.3 Å². The number of halogens is 1. The average molecular weight is 375 g/mol. The molecule has 1 atom stereocenters. The molecule has 0 aromatic heterocycles. The summed E-state index contributed by atoms with van der Waals surface area (Å²) < 4.78 is 5.61. The van der Waals surface area contributed by atoms with Crippen molar-refractivity contribution in [1.29, 1.82) is 0 Å². The average Bonchev–Trinajstić information content (AvgIpc) is 2.62. The van der Waals surface area contributed by atoms with Gasteiger partial charge in [-0.05, 0) is 43.7 Å². The zero-order valence-electron chi connectivity index (χ0n) is 14.9. The van der Waals surface area contributed by atoms with E-state index in [2.05, 4.69) is 17.6 Å². The lowest BCUT2D eigenvalue weighted by atomic mass is 10.1. The molecule has 2 N–H and O–H groups in total. The van der Waals surface area contributed by atoms with Crippen LogP contribution >= 0.6 is 11.6 Å². The molecule has 0 spiro atoms. The molecule has 138 valence electrons. The van der Waals surface area contributed by atoms with Gasteiger partial charge in [-0.2, -0.15) is 0 Å². The van der Waals surface area contributed by atoms with E-state index >= 15 is 0 Å². The lowest BCUT2D eigenvalue weighted by molar-refractivity contribution is -0.122. The molecule has 0 radical (unpaired) electrons. The minimum atomic E-state index is -0.746. The van der Waals surface area contributed by atoms with E-state index < -0.39 is 6.10 Å². The maximum Gasteiger partial charge on any atom is 0.265 e. The lowest BCUT2D eigenvalue weighted by Crippen LogP contribution is -2.32. The third kappa shape index (κ3) is 5.77. The highest BCUT2D eigenvalue weighted by Gasteiger charge is 2.18. The molecule has 1 unspecified atom stereocenters. The normalized spacial score (nSPS) is 11.5. The van der Waals surface area contributed by atoms with Gasteiger partial charge in [0.1, 0.15) is 5.75 Å². The Morgan fingerprint density at radius 1 is 1.15 bits per heavy atom. The number of para-hydroxylation sites is 1. The summed E-state index contributed by atoms with van der Waals surface area (Å²) in [6.45, 7) is 4.30. The van der Waals surface area contributed by atoms with E-state index in [0.717, 1.165) is 12.8 Å². The molecule has 2 aromatic rings. The first-order valence-electron chi connectivity index (χ1n) is 8.61. The van der Waals surface area contributed by atoms with Gasteiger partial charge < -0.3 is 15.4 Å². The van der Waals surface area contributed by atoms with Crippen molar-refractivity contribution in [2.75, 3.05) is 11.9 Å². The summed E-state index contributed by atoms with van der Waals surface area (Å²) in [6, 6.07) is 13.7. The number of benzene rings is 2. The number of ether oxygens (including phenoxy) is 1. The summed E-state index contributed by atoms with van der Waals surface area (Å²) in [4.78, 5) is 24.7. The zero-order chi connectivity index (χ0) is 18.9. The van der Waals surface area contributed by atoms with Crippen LogP contribution in [0, 0.1) is 0 Å². The number of carbonyl (C=O) groups is 2. The van der Waals surface area contributed by atoms with Crippen molar-refractivity contribution in [2.45, 2.75) is 32.8 Å². The van der Waals surface area contributed by atoms with Crippen molar-refractivity contribution in [3.8, 4) is 5.75 Å². The Hall–Kier alpha value is -2.53. The van der Waals surface area contributed by atoms with E-state index in [1.165, 1.54) is 0 Å². The Morgan fingerprint density at radius 2 is 1.92 bits per heavy atom. The highest BCUT2D eigenvalue weighted by atomic mass is 35.5. The molecule has 2 amide bonds. The smallest absolute Gasteiger partial charge is 0.265 e. The Labute approximate surface area is 158 Å². The fourth-order valence-electron chi connectivity index (χ4n) is 2.30. The van der Waals surface area contributed by atoms with Crippen LogP contribution < -0.4 is 15.4 Å². The maximum absolute atomic E-state index is 12.4. The van der Waals surface area contributed by atoms with Crippen molar-refractivity contribution in [2.24, 2.45) is 0 Å². The second kappa shape index (κ2) is 9.82. The standard InChI is InChI=1S/C20H23ClN2O3/c1-3-4-12-22-20(25)17-10-5-6-11-18(17)23-19(24)14(2)26-16-9-7-8-15(21)13-16/h5-11,13-14H,3-4,12H2,1-2H3,(H,22,25)(H,23,24). The topological polar surface area (TPSA) is 67.4 Å². The molecular formula is C20H23ClN2O3. The number of unbranched alkanes of at least 4 members (excludes halogenated alkanes) is 1. The molecule has 0 saturated heterocycles. The summed E-state index contributed by atoms with van der Waals surface area (Å²) >= 11 is 5.92. The van der Waals surface area contributed by atoms with Gasteiger partial charge >= 0.3 is 0 Å². The summed E-state index contributed by atoms with van der Waals surface area (Å²) in [5.41, 5.74) is 0.875. The van der Waals surface area contributed by atoms with E-state index in [4.69, 9.17) is 16.3 Å². The van der Waals surface area contributed by atoms with Crippen LogP contribution in [0.5, 0.6) is 5.75 Å². The van der Waals surface area contributed by atoms with Gasteiger partial charge in [-0.3, -0.25) is 9.59 Å². The van der Waals surface area contributed by atoms with Crippen LogP contribution in [0.25, 0.3) is 0 Å². The van der Waals surface area contributed by atoms with Crippen LogP contribution in [0.15, 0.2) is 48.5 Å². The Bertz CT molecular complexity index is 764. The first-order valence-corrected chi connectivity index (χ1v) is 8.99. The van der Waals surface area contributed by atoms with E-state index in [9.17, 15) is 9.59 Å². The molecule has 0 aliphatic heterocycles. The van der Waals surface area contributed by atoms with Gasteiger partial charge in [-0.25, -0.2) is 0 Å². The largest absolute Gasteiger partial charge is 0.481 e. The number of nitrogens with one attached hydrogen (secondary N) is 2. The minimum Gasteiger partial charge on any atom is -0.481 e. The Morgan fingerprint density at radius 3 is 2.65 bits per heavy atom. The quantitative estimate of drug-likeness (QED) is 0.678. The number of anilines is 1. The van der Waals surface area contributed by atoms with Gasteiger partial charge in [0.2, 0.25) is 0 Å². The molecule has 2 aromatic carbocycles. The number of carbonyl (C=O) groups excluding carboxylic acids is 2. The number of rotatable bonds is 8. The third-order valence-corrected chi connectivity index (χ3v) is 3.96. The summed E-state index contributed by atoms with van der Waals surface area (Å²) in [5.74, 6) is -0.0534. The molecule has 0 fully saturated rings. The predicted molar refractivity (Wildman–Crippen MR) is 104 cm³/mol. The van der Waals surface area contributed by atoms with Gasteiger partial charge in [0.25, 0.3) is 11.8 Å². The number of hydrogen-bond donors (Lipinski definition) is 2. The minimum absolute atomic E-state index is 0.210. The monoisotopic (exact) mass is 374 g/mol. The van der Waals surface area contributed by atoms with Gasteiger partial charge in [0, 0.05) is 11.6 Å². The Balaban J connectivity index is 2.03. The lowest BCUT2D eigenvalue weighted by Gasteiger charge is -2.16. The van der Waals surface area contributed by atoms with Gasteiger partial charge in [0.05, 0.1) is 11.3 Å². The van der Waals surface area contributed by atoms with Crippen molar-refractivity contribution in [3.05, 3.63) is 59.1 Å². The van der Waals surface area contributed by atoms with E-state index in [1.54, 1.807) is 55.5 Å². The number of hydrogen-bond acceptors (Lipinski definition) is 3. The summed E-state index contributed by atoms with van der Waals surface area (Å²) in [7, 11) is 0. The van der Waals surface area contributed by atoms with Crippen LogP contribution in [0.2, 0.25) is 5.02 Å². The van der Waals surface area contributed by atoms with E-state index in [-0.39, 0.29) is 11.8 Å². The fourth-order valence-corrected chi connectivity index (χ4v) is 2.48. The van der Waals surface area contributed by atoms with Gasteiger partial charge in [-0.15, -0.1) is 0 Å². The van der Waals surface area contributed by atoms with Crippen LogP contribution in [0.4, 0.5) is 5.69 Å². The highest BCUT2D eigenvalue weighted by molar-refractivity contribution is 6.30. The second-order valence-corrected chi connectivity index (χ2v) is 6.30. The second-order valence-electron chi connectivity index (χ2n) is 5.86. The maximum atomic E-state index is 12.4. The van der Waals surface area contributed by atoms with Crippen molar-refractivity contribution in [3.63, 3.8) is 0 Å². The molecular weight excluding hydrogens is 352 g/mol. The third-order valence-electron chi connectivity index (χ3n) is 3.72. The van der Waals surface area contributed by atoms with E-state index in [1.807, 2.05) is 0 Å². The van der Waals surface area contributed by atoms with Crippen LogP contribution in [0.1, 0.15) is 37.0 Å². The predicted octanol–water partition coefficient (Wildman–Crippen LogP) is 4.28. The van der Waals surface area contributed by atoms with Crippen LogP contribution in [-0.4, -0.2) is 24.5 Å². The Kier molecular flexibility index (Phi) is 7.48. The highest BCUT2D eigenvalue weighted by Crippen LogP contribution is 2.20. The molecule has 0 aliphatic rings. The molecule has 6 heteroatoms. The van der Waals surface area contributed by atoms with Crippen molar-refractivity contribution >= 4 is 29.1 Å². The molecule has 0 bridgehead atoms. The SMILES string of the molecule is CCCCNC(=O)c1ccccc1NC(=O)C(C)Oc1cccc(Cl)c1. The van der Waals surface area contributed by atoms with Gasteiger partial charge in [0.15, 0.2) is 6.10 Å². The molecule has 0 aliphatic carbocycles. The van der Waals surface area contributed by atoms with E-state index in [0.29, 0.717) is 28.6 Å². The first kappa shape index (κ1) is 19.8. The summed E-state index contributed by atoms with van der Waals surface area (Å²) in [5, 5.41) is 6.14. The molecule has 26 heavy (non-hydrogen) atoms. The number of amides is 2. The zero-order valence-corrected chi connectivity index (χ0v) is 15.7. The summed E-state index contributed by atoms with van der Waals surface area (Å²) in [6.07, 6.45) is 1.16. The van der Waals surface area contributed by atoms with Crippen LogP contribution in [0.3, 0.4) is 0 Å².